The highest BCUT2D eigenvalue weighted by Gasteiger charge is 2.07. The van der Waals surface area contributed by atoms with Crippen molar-refractivity contribution in [3.63, 3.8) is 0 Å². The van der Waals surface area contributed by atoms with Crippen LogP contribution in [0.3, 0.4) is 0 Å². The molecule has 1 heterocycles. The summed E-state index contributed by atoms with van der Waals surface area (Å²) in [5.74, 6) is 0.836. The van der Waals surface area contributed by atoms with E-state index in [9.17, 15) is 4.79 Å². The minimum absolute atomic E-state index is 0.0238. The van der Waals surface area contributed by atoms with Gasteiger partial charge in [0.25, 0.3) is 5.56 Å². The third-order valence-corrected chi connectivity index (χ3v) is 4.35. The quantitative estimate of drug-likeness (QED) is 0.625. The first-order valence-corrected chi connectivity index (χ1v) is 7.84. The summed E-state index contributed by atoms with van der Waals surface area (Å²) in [6, 6.07) is 9.95. The van der Waals surface area contributed by atoms with Gasteiger partial charge in [-0.2, -0.15) is 0 Å². The molecule has 0 saturated carbocycles. The van der Waals surface area contributed by atoms with E-state index in [-0.39, 0.29) is 5.56 Å². The summed E-state index contributed by atoms with van der Waals surface area (Å²) in [4.78, 5) is 16.5. The molecule has 20 heavy (non-hydrogen) atoms. The summed E-state index contributed by atoms with van der Waals surface area (Å²) in [7, 11) is 1.78. The lowest BCUT2D eigenvalue weighted by Crippen LogP contribution is -2.20. The number of benzene rings is 1. The van der Waals surface area contributed by atoms with Crippen molar-refractivity contribution in [2.45, 2.75) is 37.6 Å². The van der Waals surface area contributed by atoms with Crippen LogP contribution in [0.5, 0.6) is 0 Å². The molecule has 0 fully saturated rings. The molecule has 0 N–H and O–H groups in total. The first-order chi connectivity index (χ1) is 9.61. The second kappa shape index (κ2) is 6.75. The smallest absolute Gasteiger partial charge is 0.254 e. The summed E-state index contributed by atoms with van der Waals surface area (Å²) in [6.07, 6.45) is 1.86. The van der Waals surface area contributed by atoms with Gasteiger partial charge in [-0.15, -0.1) is 0 Å². The summed E-state index contributed by atoms with van der Waals surface area (Å²) in [5, 5.41) is 0.796. The van der Waals surface area contributed by atoms with E-state index in [4.69, 9.17) is 0 Å². The molecule has 0 unspecified atom stereocenters. The van der Waals surface area contributed by atoms with E-state index < -0.39 is 0 Å². The van der Waals surface area contributed by atoms with Gasteiger partial charge in [-0.1, -0.05) is 49.4 Å². The fourth-order valence-electron chi connectivity index (χ4n) is 1.99. The van der Waals surface area contributed by atoms with Gasteiger partial charge in [-0.25, -0.2) is 4.98 Å². The maximum atomic E-state index is 11.9. The molecule has 106 valence electrons. The van der Waals surface area contributed by atoms with Gasteiger partial charge in [0, 0.05) is 24.6 Å². The fourth-order valence-corrected chi connectivity index (χ4v) is 3.07. The normalized spacial score (nSPS) is 10.8. The zero-order valence-electron chi connectivity index (χ0n) is 12.2. The van der Waals surface area contributed by atoms with Gasteiger partial charge in [0.1, 0.15) is 0 Å². The molecule has 0 spiro atoms. The van der Waals surface area contributed by atoms with Crippen LogP contribution in [0.25, 0.3) is 0 Å². The average Bonchev–Trinajstić information content (AvgIpc) is 2.43. The van der Waals surface area contributed by atoms with Gasteiger partial charge in [0.2, 0.25) is 0 Å². The molecule has 0 radical (unpaired) electrons. The van der Waals surface area contributed by atoms with Crippen molar-refractivity contribution in [3.05, 3.63) is 57.5 Å². The van der Waals surface area contributed by atoms with Crippen LogP contribution in [0.2, 0.25) is 0 Å². The van der Waals surface area contributed by atoms with Gasteiger partial charge < -0.3 is 0 Å². The molecule has 0 bridgehead atoms. The zero-order valence-corrected chi connectivity index (χ0v) is 13.0. The van der Waals surface area contributed by atoms with Crippen molar-refractivity contribution in [2.24, 2.45) is 7.05 Å². The van der Waals surface area contributed by atoms with Crippen LogP contribution in [0.15, 0.2) is 40.3 Å². The molecule has 2 aromatic rings. The largest absolute Gasteiger partial charge is 0.291 e. The number of hydrogen-bond donors (Lipinski definition) is 0. The summed E-state index contributed by atoms with van der Waals surface area (Å²) in [5.41, 5.74) is 3.47. The van der Waals surface area contributed by atoms with Crippen molar-refractivity contribution in [2.75, 3.05) is 0 Å². The van der Waals surface area contributed by atoms with E-state index in [2.05, 4.69) is 31.0 Å². The van der Waals surface area contributed by atoms with Crippen LogP contribution in [0, 0.1) is 6.92 Å². The highest BCUT2D eigenvalue weighted by atomic mass is 32.2. The van der Waals surface area contributed by atoms with E-state index in [0.29, 0.717) is 0 Å². The summed E-state index contributed by atoms with van der Waals surface area (Å²) < 4.78 is 1.63. The fraction of sp³-hybridized carbons (Fsp3) is 0.375. The Morgan fingerprint density at radius 2 is 2.05 bits per heavy atom. The average molecular weight is 288 g/mol. The highest BCUT2D eigenvalue weighted by Crippen LogP contribution is 2.21. The number of nitrogens with zero attached hydrogens (tertiary/aromatic N) is 2. The number of aryl methyl sites for hydroxylation is 2. The number of hydrogen-bond acceptors (Lipinski definition) is 3. The summed E-state index contributed by atoms with van der Waals surface area (Å²) in [6.45, 7) is 4.20. The predicted molar refractivity (Wildman–Crippen MR) is 84.2 cm³/mol. The van der Waals surface area contributed by atoms with Gasteiger partial charge in [-0.3, -0.25) is 9.36 Å². The highest BCUT2D eigenvalue weighted by molar-refractivity contribution is 7.98. The molecule has 0 aliphatic carbocycles. The molecule has 3 nitrogen and oxygen atoms in total. The lowest BCUT2D eigenvalue weighted by atomic mass is 10.1. The molecule has 2 rings (SSSR count). The Kier molecular flexibility index (Phi) is 5.01. The van der Waals surface area contributed by atoms with Crippen LogP contribution < -0.4 is 5.56 Å². The Morgan fingerprint density at radius 3 is 2.75 bits per heavy atom. The van der Waals surface area contributed by atoms with E-state index in [1.54, 1.807) is 29.4 Å². The zero-order chi connectivity index (χ0) is 14.5. The van der Waals surface area contributed by atoms with E-state index in [1.807, 2.05) is 12.1 Å². The number of rotatable bonds is 5. The van der Waals surface area contributed by atoms with Crippen LogP contribution in [0.4, 0.5) is 0 Å². The molecule has 0 saturated heterocycles. The van der Waals surface area contributed by atoms with Crippen LogP contribution in [-0.2, 0) is 19.2 Å². The third kappa shape index (κ3) is 3.51. The first-order valence-electron chi connectivity index (χ1n) is 6.86. The molecule has 0 amide bonds. The van der Waals surface area contributed by atoms with Crippen LogP contribution in [-0.4, -0.2) is 9.55 Å². The molecule has 4 heteroatoms. The second-order valence-corrected chi connectivity index (χ2v) is 5.83. The van der Waals surface area contributed by atoms with Gasteiger partial charge >= 0.3 is 0 Å². The third-order valence-electron chi connectivity index (χ3n) is 3.27. The Labute approximate surface area is 124 Å². The minimum Gasteiger partial charge on any atom is -0.291 e. The van der Waals surface area contributed by atoms with Gasteiger partial charge in [-0.05, 0) is 24.5 Å². The van der Waals surface area contributed by atoms with Crippen molar-refractivity contribution < 1.29 is 0 Å². The minimum atomic E-state index is 0.0238. The summed E-state index contributed by atoms with van der Waals surface area (Å²) >= 11 is 1.62. The number of aromatic nitrogens is 2. The maximum absolute atomic E-state index is 11.9. The standard InChI is InChI=1S/C16H20N2OS/c1-4-7-14-10-15(19)18(3)16(17-14)20-11-13-9-6-5-8-12(13)2/h5-6,8-10H,4,7,11H2,1-3H3. The lowest BCUT2D eigenvalue weighted by molar-refractivity contribution is 0.682. The molecular formula is C16H20N2OS. The topological polar surface area (TPSA) is 34.9 Å². The van der Waals surface area contributed by atoms with E-state index in [1.165, 1.54) is 11.1 Å². The molecular weight excluding hydrogens is 268 g/mol. The van der Waals surface area contributed by atoms with Crippen molar-refractivity contribution in [1.82, 2.24) is 9.55 Å². The van der Waals surface area contributed by atoms with Crippen molar-refractivity contribution in [3.8, 4) is 0 Å². The Balaban J connectivity index is 2.21. The van der Waals surface area contributed by atoms with E-state index >= 15 is 0 Å². The van der Waals surface area contributed by atoms with Crippen LogP contribution in [0.1, 0.15) is 30.2 Å². The molecule has 0 atom stereocenters. The van der Waals surface area contributed by atoms with Crippen molar-refractivity contribution in [1.29, 1.82) is 0 Å². The van der Waals surface area contributed by atoms with Crippen molar-refractivity contribution >= 4 is 11.8 Å². The van der Waals surface area contributed by atoms with E-state index in [0.717, 1.165) is 29.4 Å². The molecule has 0 aliphatic rings. The molecule has 0 aliphatic heterocycles. The lowest BCUT2D eigenvalue weighted by Gasteiger charge is -2.09. The predicted octanol–water partition coefficient (Wildman–Crippen LogP) is 3.33. The number of thioether (sulfide) groups is 1. The SMILES string of the molecule is CCCc1cc(=O)n(C)c(SCc2ccccc2C)n1. The second-order valence-electron chi connectivity index (χ2n) is 4.89. The Bertz CT molecular complexity index is 649. The monoisotopic (exact) mass is 288 g/mol. The van der Waals surface area contributed by atoms with Gasteiger partial charge in [0.15, 0.2) is 5.16 Å². The molecule has 1 aromatic carbocycles. The molecule has 1 aromatic heterocycles. The maximum Gasteiger partial charge on any atom is 0.254 e. The van der Waals surface area contributed by atoms with Gasteiger partial charge in [0.05, 0.1) is 0 Å². The Hall–Kier alpha value is -1.55. The Morgan fingerprint density at radius 1 is 1.30 bits per heavy atom. The van der Waals surface area contributed by atoms with Crippen LogP contribution >= 0.6 is 11.8 Å². The first kappa shape index (κ1) is 14.9.